The molecule has 1 heterocycles. The van der Waals surface area contributed by atoms with Crippen LogP contribution in [-0.4, -0.2) is 16.4 Å². The molecule has 12 heavy (non-hydrogen) atoms. The third-order valence-electron chi connectivity index (χ3n) is 1.64. The third kappa shape index (κ3) is 1.94. The van der Waals surface area contributed by atoms with Gasteiger partial charge in [-0.1, -0.05) is 25.1 Å². The largest absolute Gasteiger partial charge is 0.477 e. The Morgan fingerprint density at radius 3 is 2.92 bits per heavy atom. The van der Waals surface area contributed by atoms with Crippen LogP contribution in [0.15, 0.2) is 10.6 Å². The van der Waals surface area contributed by atoms with E-state index in [1.165, 1.54) is 11.8 Å². The monoisotopic (exact) mass is 187 g/mol. The average Bonchev–Trinajstić information content (AvgIpc) is 2.32. The summed E-state index contributed by atoms with van der Waals surface area (Å²) in [5.41, 5.74) is 0.891. The molecule has 1 unspecified atom stereocenters. The summed E-state index contributed by atoms with van der Waals surface area (Å²) in [4.78, 5) is 11.2. The lowest BCUT2D eigenvalue weighted by atomic mass is 10.2. The van der Waals surface area contributed by atoms with Gasteiger partial charge in [0.1, 0.15) is 4.91 Å². The molecular formula is C8H13NO2S. The Morgan fingerprint density at radius 2 is 2.42 bits per heavy atom. The van der Waals surface area contributed by atoms with Crippen molar-refractivity contribution < 1.29 is 9.90 Å². The van der Waals surface area contributed by atoms with Gasteiger partial charge in [-0.3, -0.25) is 0 Å². The highest BCUT2D eigenvalue weighted by Crippen LogP contribution is 2.31. The summed E-state index contributed by atoms with van der Waals surface area (Å²) in [7, 11) is 0. The predicted molar refractivity (Wildman–Crippen MR) is 49.8 cm³/mol. The first-order valence-electron chi connectivity index (χ1n) is 4.04. The molecule has 1 aliphatic rings. The van der Waals surface area contributed by atoms with Gasteiger partial charge in [-0.25, -0.2) is 4.79 Å². The van der Waals surface area contributed by atoms with Crippen LogP contribution in [0, 0.1) is 0 Å². The third-order valence-corrected chi connectivity index (χ3v) is 2.77. The molecule has 0 aromatic rings. The summed E-state index contributed by atoms with van der Waals surface area (Å²) < 4.78 is 0. The molecule has 1 atom stereocenters. The van der Waals surface area contributed by atoms with Crippen molar-refractivity contribution in [3.05, 3.63) is 10.6 Å². The van der Waals surface area contributed by atoms with E-state index < -0.39 is 5.97 Å². The van der Waals surface area contributed by atoms with Gasteiger partial charge in [0.25, 0.3) is 0 Å². The number of carboxylic acid groups (broad SMARTS) is 1. The van der Waals surface area contributed by atoms with Crippen molar-refractivity contribution in [1.82, 2.24) is 5.32 Å². The van der Waals surface area contributed by atoms with Gasteiger partial charge < -0.3 is 10.4 Å². The highest BCUT2D eigenvalue weighted by atomic mass is 32.2. The van der Waals surface area contributed by atoms with Gasteiger partial charge in [0.05, 0.1) is 5.37 Å². The summed E-state index contributed by atoms with van der Waals surface area (Å²) in [6.45, 7) is 4.01. The molecule has 0 aliphatic carbocycles. The van der Waals surface area contributed by atoms with Crippen molar-refractivity contribution in [1.29, 1.82) is 0 Å². The first-order chi connectivity index (χ1) is 5.65. The molecule has 1 rings (SSSR count). The minimum atomic E-state index is -0.805. The van der Waals surface area contributed by atoms with Gasteiger partial charge in [0, 0.05) is 5.70 Å². The van der Waals surface area contributed by atoms with Crippen LogP contribution < -0.4 is 5.32 Å². The first kappa shape index (κ1) is 9.45. The summed E-state index contributed by atoms with van der Waals surface area (Å²) in [6, 6.07) is 0. The molecule has 0 amide bonds. The predicted octanol–water partition coefficient (Wildman–Crippen LogP) is 1.77. The number of allylic oxidation sites excluding steroid dienone is 1. The lowest BCUT2D eigenvalue weighted by Gasteiger charge is -2.04. The quantitative estimate of drug-likeness (QED) is 0.707. The van der Waals surface area contributed by atoms with E-state index in [0.717, 1.165) is 18.5 Å². The van der Waals surface area contributed by atoms with Crippen LogP contribution in [0.5, 0.6) is 0 Å². The SMILES string of the molecule is CCCC1=C(C(=O)O)SC(C)N1. The van der Waals surface area contributed by atoms with E-state index in [9.17, 15) is 4.79 Å². The van der Waals surface area contributed by atoms with Crippen LogP contribution >= 0.6 is 11.8 Å². The van der Waals surface area contributed by atoms with Gasteiger partial charge >= 0.3 is 5.97 Å². The van der Waals surface area contributed by atoms with E-state index in [2.05, 4.69) is 5.32 Å². The number of hydrogen-bond donors (Lipinski definition) is 2. The van der Waals surface area contributed by atoms with Crippen LogP contribution in [-0.2, 0) is 4.79 Å². The molecule has 0 fully saturated rings. The summed E-state index contributed by atoms with van der Waals surface area (Å²) in [5, 5.41) is 12.2. The molecular weight excluding hydrogens is 174 g/mol. The number of carbonyl (C=O) groups is 1. The molecule has 0 radical (unpaired) electrons. The zero-order chi connectivity index (χ0) is 9.14. The summed E-state index contributed by atoms with van der Waals surface area (Å²) in [6.07, 6.45) is 1.81. The van der Waals surface area contributed by atoms with E-state index in [-0.39, 0.29) is 5.37 Å². The van der Waals surface area contributed by atoms with Crippen LogP contribution in [0.2, 0.25) is 0 Å². The number of thioether (sulfide) groups is 1. The second-order valence-corrected chi connectivity index (χ2v) is 4.12. The molecule has 0 saturated heterocycles. The fraction of sp³-hybridized carbons (Fsp3) is 0.625. The lowest BCUT2D eigenvalue weighted by molar-refractivity contribution is -0.131. The number of aliphatic carboxylic acids is 1. The van der Waals surface area contributed by atoms with Crippen LogP contribution in [0.1, 0.15) is 26.7 Å². The topological polar surface area (TPSA) is 49.3 Å². The minimum Gasteiger partial charge on any atom is -0.477 e. The normalized spacial score (nSPS) is 22.7. The second kappa shape index (κ2) is 3.85. The first-order valence-corrected chi connectivity index (χ1v) is 4.92. The molecule has 0 aromatic carbocycles. The van der Waals surface area contributed by atoms with Crippen molar-refractivity contribution in [2.75, 3.05) is 0 Å². The maximum atomic E-state index is 10.7. The molecule has 4 heteroatoms. The molecule has 0 bridgehead atoms. The van der Waals surface area contributed by atoms with Crippen molar-refractivity contribution in [3.8, 4) is 0 Å². The smallest absolute Gasteiger partial charge is 0.344 e. The molecule has 0 spiro atoms. The van der Waals surface area contributed by atoms with Gasteiger partial charge in [-0.2, -0.15) is 0 Å². The number of nitrogens with one attached hydrogen (secondary N) is 1. The van der Waals surface area contributed by atoms with Gasteiger partial charge in [0.2, 0.25) is 0 Å². The Hall–Kier alpha value is -0.640. The highest BCUT2D eigenvalue weighted by molar-refractivity contribution is 8.04. The summed E-state index contributed by atoms with van der Waals surface area (Å²) >= 11 is 1.39. The van der Waals surface area contributed by atoms with Crippen LogP contribution in [0.25, 0.3) is 0 Å². The van der Waals surface area contributed by atoms with Crippen LogP contribution in [0.4, 0.5) is 0 Å². The molecule has 68 valence electrons. The highest BCUT2D eigenvalue weighted by Gasteiger charge is 2.24. The lowest BCUT2D eigenvalue weighted by Crippen LogP contribution is -2.16. The second-order valence-electron chi connectivity index (χ2n) is 2.77. The van der Waals surface area contributed by atoms with Crippen molar-refractivity contribution in [3.63, 3.8) is 0 Å². The number of hydrogen-bond acceptors (Lipinski definition) is 3. The molecule has 1 aliphatic heterocycles. The average molecular weight is 187 g/mol. The van der Waals surface area contributed by atoms with Crippen molar-refractivity contribution in [2.45, 2.75) is 32.1 Å². The van der Waals surface area contributed by atoms with E-state index >= 15 is 0 Å². The molecule has 2 N–H and O–H groups in total. The van der Waals surface area contributed by atoms with Gasteiger partial charge in [-0.15, -0.1) is 0 Å². The zero-order valence-corrected chi connectivity index (χ0v) is 8.07. The summed E-state index contributed by atoms with van der Waals surface area (Å²) in [5.74, 6) is -0.805. The van der Waals surface area contributed by atoms with E-state index in [4.69, 9.17) is 5.11 Å². The minimum absolute atomic E-state index is 0.206. The van der Waals surface area contributed by atoms with Crippen molar-refractivity contribution >= 4 is 17.7 Å². The Balaban J connectivity index is 2.74. The molecule has 0 aromatic heterocycles. The van der Waals surface area contributed by atoms with Gasteiger partial charge in [0.15, 0.2) is 0 Å². The maximum Gasteiger partial charge on any atom is 0.344 e. The Morgan fingerprint density at radius 1 is 1.75 bits per heavy atom. The Bertz CT molecular complexity index is 225. The fourth-order valence-electron chi connectivity index (χ4n) is 1.20. The number of rotatable bonds is 3. The van der Waals surface area contributed by atoms with Crippen LogP contribution in [0.3, 0.4) is 0 Å². The molecule has 0 saturated carbocycles. The Labute approximate surface area is 76.2 Å². The van der Waals surface area contributed by atoms with E-state index in [1.54, 1.807) is 0 Å². The van der Waals surface area contributed by atoms with E-state index in [1.807, 2.05) is 13.8 Å². The maximum absolute atomic E-state index is 10.7. The fourth-order valence-corrected chi connectivity index (χ4v) is 2.16. The van der Waals surface area contributed by atoms with E-state index in [0.29, 0.717) is 4.91 Å². The Kier molecular flexibility index (Phi) is 3.03. The standard InChI is InChI=1S/C8H13NO2S/c1-3-4-6-7(8(10)11)12-5(2)9-6/h5,9H,3-4H2,1-2H3,(H,10,11). The van der Waals surface area contributed by atoms with Crippen molar-refractivity contribution in [2.24, 2.45) is 0 Å². The number of carboxylic acids is 1. The van der Waals surface area contributed by atoms with Gasteiger partial charge in [-0.05, 0) is 13.3 Å². The zero-order valence-electron chi connectivity index (χ0n) is 7.26. The molecule has 3 nitrogen and oxygen atoms in total.